The number of halogens is 4. The molecule has 4 nitrogen and oxygen atoms in total. The Bertz CT molecular complexity index is 1000. The van der Waals surface area contributed by atoms with Crippen LogP contribution in [-0.2, 0) is 11.0 Å². The van der Waals surface area contributed by atoms with E-state index in [1.165, 1.54) is 12.1 Å². The smallest absolute Gasteiger partial charge is 0.417 e. The second-order valence-electron chi connectivity index (χ2n) is 5.85. The Balaban J connectivity index is 1.86. The molecule has 1 heterocycles. The van der Waals surface area contributed by atoms with Crippen molar-refractivity contribution in [1.29, 1.82) is 0 Å². The van der Waals surface area contributed by atoms with Gasteiger partial charge in [-0.05, 0) is 53.7 Å². The van der Waals surface area contributed by atoms with E-state index in [-0.39, 0.29) is 10.6 Å². The van der Waals surface area contributed by atoms with Gasteiger partial charge in [0.25, 0.3) is 11.1 Å². The third-order valence-electron chi connectivity index (χ3n) is 3.85. The van der Waals surface area contributed by atoms with E-state index >= 15 is 0 Å². The summed E-state index contributed by atoms with van der Waals surface area (Å²) in [5.41, 5.74) is -0.677. The van der Waals surface area contributed by atoms with Crippen LogP contribution in [0.4, 0.5) is 23.7 Å². The Hall–Kier alpha value is -2.71. The van der Waals surface area contributed by atoms with Crippen molar-refractivity contribution in [3.8, 4) is 5.75 Å². The first kappa shape index (κ1) is 21.0. The van der Waals surface area contributed by atoms with Crippen LogP contribution in [0.2, 0.25) is 5.02 Å². The number of ether oxygens (including phenoxy) is 1. The van der Waals surface area contributed by atoms with E-state index in [1.807, 2.05) is 0 Å². The van der Waals surface area contributed by atoms with E-state index in [0.29, 0.717) is 40.6 Å². The van der Waals surface area contributed by atoms with Crippen molar-refractivity contribution < 1.29 is 27.5 Å². The van der Waals surface area contributed by atoms with Gasteiger partial charge in [0.15, 0.2) is 0 Å². The summed E-state index contributed by atoms with van der Waals surface area (Å²) in [7, 11) is 0. The number of hydrogen-bond donors (Lipinski definition) is 0. The molecular weight excluding hydrogens is 427 g/mol. The highest BCUT2D eigenvalue weighted by Crippen LogP contribution is 2.40. The minimum atomic E-state index is -4.71. The highest BCUT2D eigenvalue weighted by molar-refractivity contribution is 8.19. The molecule has 3 rings (SSSR count). The van der Waals surface area contributed by atoms with Crippen LogP contribution in [0.5, 0.6) is 5.75 Å². The largest absolute Gasteiger partial charge is 0.490 e. The molecule has 0 bridgehead atoms. The highest BCUT2D eigenvalue weighted by Gasteiger charge is 2.39. The molecule has 0 aliphatic carbocycles. The van der Waals surface area contributed by atoms with Crippen molar-refractivity contribution in [2.45, 2.75) is 6.18 Å². The van der Waals surface area contributed by atoms with E-state index in [9.17, 15) is 22.8 Å². The molecule has 2 aromatic rings. The van der Waals surface area contributed by atoms with Gasteiger partial charge in [-0.15, -0.1) is 0 Å². The Morgan fingerprint density at radius 2 is 1.83 bits per heavy atom. The fourth-order valence-corrected chi connectivity index (χ4v) is 3.59. The highest BCUT2D eigenvalue weighted by atomic mass is 35.5. The first-order valence-electron chi connectivity index (χ1n) is 8.19. The number of carbonyl (C=O) groups excluding carboxylic acids is 2. The zero-order valence-electron chi connectivity index (χ0n) is 14.7. The van der Waals surface area contributed by atoms with Crippen molar-refractivity contribution in [3.05, 3.63) is 76.2 Å². The molecule has 0 radical (unpaired) electrons. The summed E-state index contributed by atoms with van der Waals surface area (Å²) in [5.74, 6) is -0.0987. The first-order chi connectivity index (χ1) is 13.7. The Morgan fingerprint density at radius 1 is 1.14 bits per heavy atom. The van der Waals surface area contributed by atoms with E-state index < -0.39 is 27.9 Å². The van der Waals surface area contributed by atoms with Gasteiger partial charge in [0.1, 0.15) is 12.4 Å². The van der Waals surface area contributed by atoms with Crippen molar-refractivity contribution in [3.63, 3.8) is 0 Å². The maximum atomic E-state index is 13.1. The van der Waals surface area contributed by atoms with Crippen LogP contribution in [0.15, 0.2) is 60.0 Å². The Morgan fingerprint density at radius 3 is 2.45 bits per heavy atom. The van der Waals surface area contributed by atoms with E-state index in [0.717, 1.165) is 6.07 Å². The quantitative estimate of drug-likeness (QED) is 0.413. The monoisotopic (exact) mass is 439 g/mol. The second kappa shape index (κ2) is 8.34. The number of amides is 2. The summed E-state index contributed by atoms with van der Waals surface area (Å²) in [5, 5.41) is -1.20. The third-order valence-corrected chi connectivity index (χ3v) is 5.05. The molecule has 1 aliphatic heterocycles. The number of hydrogen-bond acceptors (Lipinski definition) is 4. The molecule has 9 heteroatoms. The van der Waals surface area contributed by atoms with Gasteiger partial charge in [0, 0.05) is 0 Å². The van der Waals surface area contributed by atoms with Crippen molar-refractivity contribution in [2.24, 2.45) is 0 Å². The van der Waals surface area contributed by atoms with Gasteiger partial charge in [0.2, 0.25) is 0 Å². The topological polar surface area (TPSA) is 46.6 Å². The summed E-state index contributed by atoms with van der Waals surface area (Å²) in [4.78, 5) is 25.7. The summed E-state index contributed by atoms with van der Waals surface area (Å²) in [6.07, 6.45) is -1.62. The van der Waals surface area contributed by atoms with Crippen LogP contribution >= 0.6 is 23.4 Å². The summed E-state index contributed by atoms with van der Waals surface area (Å²) in [6, 6.07) is 9.65. The van der Waals surface area contributed by atoms with Gasteiger partial charge in [-0.3, -0.25) is 9.59 Å². The zero-order chi connectivity index (χ0) is 21.2. The number of imide groups is 1. The maximum absolute atomic E-state index is 13.1. The van der Waals surface area contributed by atoms with Gasteiger partial charge in [-0.2, -0.15) is 13.2 Å². The Labute approximate surface area is 173 Å². The zero-order valence-corrected chi connectivity index (χ0v) is 16.3. The number of alkyl halides is 3. The fourth-order valence-electron chi connectivity index (χ4n) is 2.53. The van der Waals surface area contributed by atoms with Crippen LogP contribution in [-0.4, -0.2) is 17.8 Å². The van der Waals surface area contributed by atoms with Gasteiger partial charge >= 0.3 is 6.18 Å². The van der Waals surface area contributed by atoms with Gasteiger partial charge in [-0.25, -0.2) is 4.90 Å². The fraction of sp³-hybridized carbons (Fsp3) is 0.100. The number of thioether (sulfide) groups is 1. The van der Waals surface area contributed by atoms with Gasteiger partial charge in [-0.1, -0.05) is 36.4 Å². The van der Waals surface area contributed by atoms with Crippen molar-refractivity contribution in [2.75, 3.05) is 11.5 Å². The predicted octanol–water partition coefficient (Wildman–Crippen LogP) is 6.16. The maximum Gasteiger partial charge on any atom is 0.417 e. The van der Waals surface area contributed by atoms with Crippen LogP contribution in [0, 0.1) is 0 Å². The minimum absolute atomic E-state index is 0.0956. The molecular formula is C20H13ClF3NO3S. The molecule has 0 aromatic heterocycles. The number of carbonyl (C=O) groups is 2. The average molecular weight is 440 g/mol. The third kappa shape index (κ3) is 4.65. The molecule has 0 saturated carbocycles. The molecule has 0 unspecified atom stereocenters. The summed E-state index contributed by atoms with van der Waals surface area (Å²) in [6.45, 7) is 3.90. The molecule has 0 atom stereocenters. The number of benzene rings is 2. The van der Waals surface area contributed by atoms with Crippen LogP contribution in [0.3, 0.4) is 0 Å². The first-order valence-corrected chi connectivity index (χ1v) is 9.38. The Kier molecular flexibility index (Phi) is 6.04. The molecule has 150 valence electrons. The van der Waals surface area contributed by atoms with E-state index in [1.54, 1.807) is 30.3 Å². The average Bonchev–Trinajstić information content (AvgIpc) is 2.94. The lowest BCUT2D eigenvalue weighted by Crippen LogP contribution is -2.28. The molecule has 1 saturated heterocycles. The molecule has 1 aliphatic rings. The molecule has 0 spiro atoms. The van der Waals surface area contributed by atoms with Crippen LogP contribution < -0.4 is 9.64 Å². The molecule has 0 N–H and O–H groups in total. The molecule has 1 fully saturated rings. The lowest BCUT2D eigenvalue weighted by molar-refractivity contribution is -0.137. The SMILES string of the molecule is C=CCOc1ccc(/C=C2\SC(=O)N(c3ccc(Cl)c(C(F)(F)F)c3)C2=O)cc1. The van der Waals surface area contributed by atoms with Crippen molar-refractivity contribution in [1.82, 2.24) is 0 Å². The summed E-state index contributed by atoms with van der Waals surface area (Å²) < 4.78 is 44.6. The van der Waals surface area contributed by atoms with E-state index in [2.05, 4.69) is 6.58 Å². The number of anilines is 1. The normalized spacial score (nSPS) is 15.9. The minimum Gasteiger partial charge on any atom is -0.490 e. The lowest BCUT2D eigenvalue weighted by atomic mass is 10.1. The molecule has 2 amide bonds. The van der Waals surface area contributed by atoms with Crippen LogP contribution in [0.25, 0.3) is 6.08 Å². The molecule has 2 aromatic carbocycles. The summed E-state index contributed by atoms with van der Waals surface area (Å²) >= 11 is 6.25. The van der Waals surface area contributed by atoms with Gasteiger partial charge < -0.3 is 4.74 Å². The van der Waals surface area contributed by atoms with Crippen LogP contribution in [0.1, 0.15) is 11.1 Å². The second-order valence-corrected chi connectivity index (χ2v) is 7.25. The predicted molar refractivity (Wildman–Crippen MR) is 107 cm³/mol. The van der Waals surface area contributed by atoms with Crippen molar-refractivity contribution >= 4 is 46.3 Å². The van der Waals surface area contributed by atoms with E-state index in [4.69, 9.17) is 16.3 Å². The molecule has 29 heavy (non-hydrogen) atoms. The van der Waals surface area contributed by atoms with Gasteiger partial charge in [0.05, 0.1) is 21.2 Å². The lowest BCUT2D eigenvalue weighted by Gasteiger charge is -2.16. The number of nitrogens with zero attached hydrogens (tertiary/aromatic N) is 1. The number of rotatable bonds is 5. The standard InChI is InChI=1S/C20H13ClF3NO3S/c1-2-9-28-14-6-3-12(4-7-14)10-17-18(26)25(19(27)29-17)13-5-8-16(21)15(11-13)20(22,23)24/h2-8,10-11H,1,9H2/b17-10-.